The lowest BCUT2D eigenvalue weighted by atomic mass is 10.1. The third kappa shape index (κ3) is 13.2. The number of aromatic nitrogens is 4. The maximum atomic E-state index is 13.5. The zero-order valence-electron chi connectivity index (χ0n) is 25.8. The van der Waals surface area contributed by atoms with Crippen molar-refractivity contribution >= 4 is 36.5 Å². The summed E-state index contributed by atoms with van der Waals surface area (Å²) in [5.74, 6) is -0.200. The van der Waals surface area contributed by atoms with Crippen LogP contribution in [-0.2, 0) is 44.0 Å². The van der Waals surface area contributed by atoms with Crippen molar-refractivity contribution in [2.75, 3.05) is 38.5 Å². The minimum absolute atomic E-state index is 0.0108. The van der Waals surface area contributed by atoms with Crippen LogP contribution >= 0.6 is 7.60 Å². The molecule has 0 spiro atoms. The summed E-state index contributed by atoms with van der Waals surface area (Å²) in [6.45, 7) is 10.1. The molecule has 0 aliphatic rings. The van der Waals surface area contributed by atoms with E-state index in [1.54, 1.807) is 17.8 Å². The van der Waals surface area contributed by atoms with Crippen LogP contribution in [0.15, 0.2) is 12.7 Å². The summed E-state index contributed by atoms with van der Waals surface area (Å²) >= 11 is 0. The monoisotopic (exact) mass is 629 g/mol. The number of esters is 2. The fourth-order valence-electron chi connectivity index (χ4n) is 3.99. The van der Waals surface area contributed by atoms with Crippen LogP contribution in [0.2, 0.25) is 0 Å². The first kappa shape index (κ1) is 36.5. The molecule has 15 nitrogen and oxygen atoms in total. The van der Waals surface area contributed by atoms with Gasteiger partial charge in [-0.05, 0) is 31.6 Å². The zero-order valence-corrected chi connectivity index (χ0v) is 26.7. The van der Waals surface area contributed by atoms with Crippen molar-refractivity contribution in [1.82, 2.24) is 19.5 Å². The summed E-state index contributed by atoms with van der Waals surface area (Å²) < 4.78 is 42.8. The van der Waals surface area contributed by atoms with Crippen LogP contribution in [0.25, 0.3) is 11.2 Å². The number of ether oxygens (including phenoxy) is 3. The van der Waals surface area contributed by atoms with Crippen molar-refractivity contribution in [3.8, 4) is 0 Å². The van der Waals surface area contributed by atoms with E-state index in [9.17, 15) is 14.2 Å². The van der Waals surface area contributed by atoms with Crippen LogP contribution in [0.4, 0.5) is 5.82 Å². The Balaban J connectivity index is 1.88. The standard InChI is InChI=1S/C27H48N7O8P/c1-18(2)12-21(28)26(35)38-8-6-10-41-43(37,42-11-7-9-39-27(36)22(29)13-19(3)4)17-40-20(5)14-34-16-33-23-24(30)31-15-32-25(23)34/h15-16,18-22H,6-14,17,28-29H2,1-5H3,(H2,30,31,32)/t20-,21+,22+/m1/s1. The molecule has 2 rings (SSSR count). The van der Waals surface area contributed by atoms with Gasteiger partial charge in [0.25, 0.3) is 0 Å². The first-order chi connectivity index (χ1) is 20.3. The van der Waals surface area contributed by atoms with Gasteiger partial charge in [0.05, 0.1) is 45.4 Å². The molecule has 0 bridgehead atoms. The van der Waals surface area contributed by atoms with Gasteiger partial charge >= 0.3 is 19.5 Å². The van der Waals surface area contributed by atoms with E-state index in [0.29, 0.717) is 30.6 Å². The molecule has 0 saturated heterocycles. The number of rotatable bonds is 21. The molecule has 6 N–H and O–H groups in total. The molecule has 244 valence electrons. The Hall–Kier alpha value is -2.68. The Kier molecular flexibility index (Phi) is 15.5. The molecule has 0 amide bonds. The lowest BCUT2D eigenvalue weighted by Crippen LogP contribution is -2.33. The average Bonchev–Trinajstić information content (AvgIpc) is 3.34. The van der Waals surface area contributed by atoms with Crippen molar-refractivity contribution in [1.29, 1.82) is 0 Å². The first-order valence-electron chi connectivity index (χ1n) is 14.6. The molecule has 2 aromatic heterocycles. The average molecular weight is 630 g/mol. The normalized spacial score (nSPS) is 14.3. The number of carbonyl (C=O) groups excluding carboxylic acids is 2. The molecular weight excluding hydrogens is 581 g/mol. The molecular formula is C27H48N7O8P. The van der Waals surface area contributed by atoms with Gasteiger partial charge < -0.3 is 45.0 Å². The highest BCUT2D eigenvalue weighted by Crippen LogP contribution is 2.48. The van der Waals surface area contributed by atoms with E-state index in [-0.39, 0.29) is 63.3 Å². The van der Waals surface area contributed by atoms with Gasteiger partial charge in [0.15, 0.2) is 11.5 Å². The van der Waals surface area contributed by atoms with Crippen LogP contribution in [0, 0.1) is 11.8 Å². The number of fused-ring (bicyclic) bond motifs is 1. The molecule has 3 atom stereocenters. The van der Waals surface area contributed by atoms with Gasteiger partial charge in [0.2, 0.25) is 0 Å². The van der Waals surface area contributed by atoms with Gasteiger partial charge in [-0.3, -0.25) is 14.2 Å². The summed E-state index contributed by atoms with van der Waals surface area (Å²) in [6.07, 6.45) is 3.74. The van der Waals surface area contributed by atoms with Gasteiger partial charge in [-0.15, -0.1) is 0 Å². The number of nitrogens with two attached hydrogens (primary N) is 3. The molecule has 0 unspecified atom stereocenters. The van der Waals surface area contributed by atoms with E-state index in [4.69, 9.17) is 40.5 Å². The molecule has 0 radical (unpaired) electrons. The van der Waals surface area contributed by atoms with Crippen LogP contribution in [0.3, 0.4) is 0 Å². The molecule has 0 aliphatic heterocycles. The second kappa shape index (κ2) is 18.2. The summed E-state index contributed by atoms with van der Waals surface area (Å²) in [5.41, 5.74) is 18.6. The Morgan fingerprint density at radius 2 is 1.40 bits per heavy atom. The second-order valence-electron chi connectivity index (χ2n) is 11.2. The fourth-order valence-corrected chi connectivity index (χ4v) is 5.46. The summed E-state index contributed by atoms with van der Waals surface area (Å²) in [6, 6.07) is -1.40. The molecule has 16 heteroatoms. The quantitative estimate of drug-likeness (QED) is 0.103. The molecule has 43 heavy (non-hydrogen) atoms. The molecule has 0 aromatic carbocycles. The largest absolute Gasteiger partial charge is 0.464 e. The Morgan fingerprint density at radius 3 is 1.91 bits per heavy atom. The maximum Gasteiger partial charge on any atom is 0.356 e. The Bertz CT molecular complexity index is 1150. The number of imidazole rings is 1. The van der Waals surface area contributed by atoms with Gasteiger partial charge in [-0.1, -0.05) is 27.7 Å². The SMILES string of the molecule is CC(C)C[C@H](N)C(=O)OCCCOP(=O)(CO[C@H](C)Cn1cnc2c(N)ncnc21)OCCCOC(=O)[C@@H](N)CC(C)C. The maximum absolute atomic E-state index is 13.5. The lowest BCUT2D eigenvalue weighted by Gasteiger charge is -2.21. The Labute approximate surface area is 253 Å². The molecule has 2 aromatic rings. The Morgan fingerprint density at radius 1 is 0.860 bits per heavy atom. The fraction of sp³-hybridized carbons (Fsp3) is 0.741. The van der Waals surface area contributed by atoms with Crippen LogP contribution < -0.4 is 17.2 Å². The number of nitrogens with zero attached hydrogens (tertiary/aromatic N) is 4. The molecule has 2 heterocycles. The smallest absolute Gasteiger partial charge is 0.356 e. The molecule has 0 fully saturated rings. The van der Waals surface area contributed by atoms with Crippen molar-refractivity contribution in [2.24, 2.45) is 23.3 Å². The minimum atomic E-state index is -3.75. The van der Waals surface area contributed by atoms with Gasteiger partial charge in [0, 0.05) is 12.8 Å². The van der Waals surface area contributed by atoms with Crippen molar-refractivity contribution < 1.29 is 37.4 Å². The summed E-state index contributed by atoms with van der Waals surface area (Å²) in [4.78, 5) is 36.5. The number of carbonyl (C=O) groups is 2. The van der Waals surface area contributed by atoms with Crippen LogP contribution in [0.1, 0.15) is 60.3 Å². The summed E-state index contributed by atoms with van der Waals surface area (Å²) in [7, 11) is -3.75. The van der Waals surface area contributed by atoms with Gasteiger partial charge in [0.1, 0.15) is 30.3 Å². The number of nitrogen functional groups attached to an aromatic ring is 1. The number of anilines is 1. The van der Waals surface area contributed by atoms with E-state index in [0.717, 1.165) is 0 Å². The number of hydrogen-bond donors (Lipinski definition) is 3. The van der Waals surface area contributed by atoms with E-state index in [2.05, 4.69) is 15.0 Å². The zero-order chi connectivity index (χ0) is 32.0. The minimum Gasteiger partial charge on any atom is -0.464 e. The van der Waals surface area contributed by atoms with E-state index in [1.807, 2.05) is 27.7 Å². The predicted octanol–water partition coefficient (Wildman–Crippen LogP) is 2.61. The van der Waals surface area contributed by atoms with Crippen molar-refractivity contribution in [3.63, 3.8) is 0 Å². The third-order valence-electron chi connectivity index (χ3n) is 6.10. The van der Waals surface area contributed by atoms with E-state index < -0.39 is 37.7 Å². The highest BCUT2D eigenvalue weighted by atomic mass is 31.2. The molecule has 0 saturated carbocycles. The topological polar surface area (TPSA) is 219 Å². The van der Waals surface area contributed by atoms with E-state index >= 15 is 0 Å². The predicted molar refractivity (Wildman–Crippen MR) is 161 cm³/mol. The lowest BCUT2D eigenvalue weighted by molar-refractivity contribution is -0.146. The van der Waals surface area contributed by atoms with Crippen LogP contribution in [0.5, 0.6) is 0 Å². The second-order valence-corrected chi connectivity index (χ2v) is 13.2. The van der Waals surface area contributed by atoms with Crippen LogP contribution in [-0.4, -0.2) is 82.4 Å². The van der Waals surface area contributed by atoms with Crippen molar-refractivity contribution in [3.05, 3.63) is 12.7 Å². The third-order valence-corrected chi connectivity index (χ3v) is 7.72. The van der Waals surface area contributed by atoms with Gasteiger partial charge in [-0.2, -0.15) is 0 Å². The highest BCUT2D eigenvalue weighted by Gasteiger charge is 2.27. The van der Waals surface area contributed by atoms with E-state index in [1.165, 1.54) is 6.33 Å². The van der Waals surface area contributed by atoms with Crippen molar-refractivity contribution in [2.45, 2.75) is 85.0 Å². The summed E-state index contributed by atoms with van der Waals surface area (Å²) in [5, 5.41) is 0. The first-order valence-corrected chi connectivity index (χ1v) is 16.3. The number of hydrogen-bond acceptors (Lipinski definition) is 14. The molecule has 0 aliphatic carbocycles. The highest BCUT2D eigenvalue weighted by molar-refractivity contribution is 7.53. The van der Waals surface area contributed by atoms with Gasteiger partial charge in [-0.25, -0.2) is 15.0 Å².